The smallest absolute Gasteiger partial charge is 0.223 e. The first kappa shape index (κ1) is 15.3. The Hall–Kier alpha value is -2.29. The van der Waals surface area contributed by atoms with E-state index < -0.39 is 0 Å². The van der Waals surface area contributed by atoms with Gasteiger partial charge in [-0.3, -0.25) is 4.79 Å². The van der Waals surface area contributed by atoms with Crippen LogP contribution in [0.1, 0.15) is 35.4 Å². The number of carbonyl (C=O) groups is 1. The maximum Gasteiger partial charge on any atom is 0.223 e. The number of likely N-dealkylation sites (tertiary alicyclic amines) is 1. The van der Waals surface area contributed by atoms with Crippen molar-refractivity contribution in [2.24, 2.45) is 0 Å². The lowest BCUT2D eigenvalue weighted by Gasteiger charge is -2.33. The van der Waals surface area contributed by atoms with Crippen molar-refractivity contribution in [3.8, 4) is 5.75 Å². The normalized spacial score (nSPS) is 22.2. The highest BCUT2D eigenvalue weighted by Crippen LogP contribution is 2.44. The Morgan fingerprint density at radius 2 is 1.96 bits per heavy atom. The Balaban J connectivity index is 1.55. The fourth-order valence-electron chi connectivity index (χ4n) is 4.38. The number of fused-ring (bicyclic) bond motifs is 3. The van der Waals surface area contributed by atoms with Gasteiger partial charge in [0.25, 0.3) is 0 Å². The molecule has 4 rings (SSSR count). The Bertz CT molecular complexity index is 741. The molecular formula is C21H23NO2. The number of amides is 1. The molecule has 0 radical (unpaired) electrons. The molecule has 0 saturated carbocycles. The van der Waals surface area contributed by atoms with Crippen molar-refractivity contribution in [1.29, 1.82) is 0 Å². The number of nitrogens with zero attached hydrogens (tertiary/aromatic N) is 1. The SMILES string of the molecule is COc1cccc2c1CC[C@@H]1[C@H]2CC(=O)N1CCc1ccccc1. The molecule has 2 aromatic rings. The molecule has 1 aliphatic carbocycles. The van der Waals surface area contributed by atoms with Gasteiger partial charge in [-0.25, -0.2) is 0 Å². The van der Waals surface area contributed by atoms with E-state index in [1.54, 1.807) is 7.11 Å². The third kappa shape index (κ3) is 2.58. The summed E-state index contributed by atoms with van der Waals surface area (Å²) < 4.78 is 5.52. The minimum absolute atomic E-state index is 0.302. The number of carbonyl (C=O) groups excluding carboxylic acids is 1. The molecule has 0 aromatic heterocycles. The fraction of sp³-hybridized carbons (Fsp3) is 0.381. The Labute approximate surface area is 143 Å². The monoisotopic (exact) mass is 321 g/mol. The van der Waals surface area contributed by atoms with Crippen LogP contribution in [0, 0.1) is 0 Å². The fourth-order valence-corrected chi connectivity index (χ4v) is 4.38. The summed E-state index contributed by atoms with van der Waals surface area (Å²) in [6, 6.07) is 17.0. The molecule has 2 aromatic carbocycles. The first-order valence-corrected chi connectivity index (χ1v) is 8.77. The summed E-state index contributed by atoms with van der Waals surface area (Å²) in [6.45, 7) is 0.823. The van der Waals surface area contributed by atoms with Gasteiger partial charge in [0.2, 0.25) is 5.91 Å². The van der Waals surface area contributed by atoms with E-state index in [0.717, 1.165) is 31.6 Å². The van der Waals surface area contributed by atoms with Crippen LogP contribution in [0.2, 0.25) is 0 Å². The minimum Gasteiger partial charge on any atom is -0.496 e. The highest BCUT2D eigenvalue weighted by molar-refractivity contribution is 5.81. The van der Waals surface area contributed by atoms with E-state index >= 15 is 0 Å². The molecule has 124 valence electrons. The number of methoxy groups -OCH3 is 1. The van der Waals surface area contributed by atoms with Gasteiger partial charge in [-0.05, 0) is 42.0 Å². The summed E-state index contributed by atoms with van der Waals surface area (Å²) in [6.07, 6.45) is 3.61. The van der Waals surface area contributed by atoms with Crippen LogP contribution in [0.25, 0.3) is 0 Å². The molecular weight excluding hydrogens is 298 g/mol. The third-order valence-electron chi connectivity index (χ3n) is 5.54. The Morgan fingerprint density at radius 3 is 2.75 bits per heavy atom. The van der Waals surface area contributed by atoms with Crippen molar-refractivity contribution in [1.82, 2.24) is 4.90 Å². The van der Waals surface area contributed by atoms with Crippen molar-refractivity contribution in [3.63, 3.8) is 0 Å². The Kier molecular flexibility index (Phi) is 4.01. The largest absolute Gasteiger partial charge is 0.496 e. The zero-order chi connectivity index (χ0) is 16.5. The van der Waals surface area contributed by atoms with Crippen LogP contribution in [0.5, 0.6) is 5.75 Å². The molecule has 1 saturated heterocycles. The first-order chi connectivity index (χ1) is 11.8. The molecule has 2 atom stereocenters. The lowest BCUT2D eigenvalue weighted by Crippen LogP contribution is -2.38. The van der Waals surface area contributed by atoms with Gasteiger partial charge in [0.05, 0.1) is 7.11 Å². The second kappa shape index (κ2) is 6.31. The third-order valence-corrected chi connectivity index (χ3v) is 5.54. The molecule has 0 bridgehead atoms. The molecule has 0 spiro atoms. The van der Waals surface area contributed by atoms with Crippen LogP contribution < -0.4 is 4.74 Å². The first-order valence-electron chi connectivity index (χ1n) is 8.77. The average Bonchev–Trinajstić information content (AvgIpc) is 2.96. The number of benzene rings is 2. The van der Waals surface area contributed by atoms with E-state index in [1.807, 2.05) is 12.1 Å². The van der Waals surface area contributed by atoms with Gasteiger partial charge >= 0.3 is 0 Å². The topological polar surface area (TPSA) is 29.5 Å². The van der Waals surface area contributed by atoms with Crippen molar-refractivity contribution in [2.45, 2.75) is 37.6 Å². The van der Waals surface area contributed by atoms with Gasteiger partial charge in [-0.1, -0.05) is 42.5 Å². The molecule has 3 nitrogen and oxygen atoms in total. The van der Waals surface area contributed by atoms with E-state index in [1.165, 1.54) is 16.7 Å². The molecule has 2 aliphatic rings. The lowest BCUT2D eigenvalue weighted by atomic mass is 9.79. The summed E-state index contributed by atoms with van der Waals surface area (Å²) in [4.78, 5) is 14.7. The number of ether oxygens (including phenoxy) is 1. The second-order valence-corrected chi connectivity index (χ2v) is 6.77. The molecule has 1 aliphatic heterocycles. The standard InChI is InChI=1S/C21H23NO2/c1-24-20-9-5-8-16-17(20)10-11-19-18(16)14-21(23)22(19)13-12-15-6-3-2-4-7-15/h2-9,18-19H,10-14H2,1H3/t18-,19+/m0/s1. The highest BCUT2D eigenvalue weighted by atomic mass is 16.5. The quantitative estimate of drug-likeness (QED) is 0.861. The minimum atomic E-state index is 0.302. The lowest BCUT2D eigenvalue weighted by molar-refractivity contribution is -0.129. The van der Waals surface area contributed by atoms with Crippen molar-refractivity contribution >= 4 is 5.91 Å². The molecule has 1 amide bonds. The molecule has 1 fully saturated rings. The van der Waals surface area contributed by atoms with Gasteiger partial charge in [-0.15, -0.1) is 0 Å². The van der Waals surface area contributed by atoms with Crippen LogP contribution in [-0.2, 0) is 17.6 Å². The maximum absolute atomic E-state index is 12.6. The summed E-state index contributed by atoms with van der Waals surface area (Å²) >= 11 is 0. The second-order valence-electron chi connectivity index (χ2n) is 6.77. The predicted octanol–water partition coefficient (Wildman–Crippen LogP) is 3.57. The average molecular weight is 321 g/mol. The van der Waals surface area contributed by atoms with E-state index in [-0.39, 0.29) is 0 Å². The maximum atomic E-state index is 12.6. The van der Waals surface area contributed by atoms with Crippen molar-refractivity contribution in [2.75, 3.05) is 13.7 Å². The van der Waals surface area contributed by atoms with Gasteiger partial charge in [0.15, 0.2) is 0 Å². The van der Waals surface area contributed by atoms with Crippen LogP contribution >= 0.6 is 0 Å². The van der Waals surface area contributed by atoms with Crippen LogP contribution in [0.3, 0.4) is 0 Å². The zero-order valence-electron chi connectivity index (χ0n) is 14.1. The van der Waals surface area contributed by atoms with Crippen molar-refractivity contribution < 1.29 is 9.53 Å². The van der Waals surface area contributed by atoms with Crippen LogP contribution in [0.15, 0.2) is 48.5 Å². The summed E-state index contributed by atoms with van der Waals surface area (Å²) in [5.74, 6) is 1.60. The highest BCUT2D eigenvalue weighted by Gasteiger charge is 2.43. The van der Waals surface area contributed by atoms with E-state index in [4.69, 9.17) is 4.74 Å². The number of hydrogen-bond acceptors (Lipinski definition) is 2. The molecule has 3 heteroatoms. The van der Waals surface area contributed by atoms with E-state index in [9.17, 15) is 4.79 Å². The van der Waals surface area contributed by atoms with Gasteiger partial charge in [0, 0.05) is 24.9 Å². The summed E-state index contributed by atoms with van der Waals surface area (Å²) in [7, 11) is 1.73. The molecule has 0 N–H and O–H groups in total. The van der Waals surface area contributed by atoms with E-state index in [2.05, 4.69) is 41.3 Å². The number of hydrogen-bond donors (Lipinski definition) is 0. The zero-order valence-corrected chi connectivity index (χ0v) is 14.1. The van der Waals surface area contributed by atoms with Crippen LogP contribution in [0.4, 0.5) is 0 Å². The molecule has 1 heterocycles. The molecule has 24 heavy (non-hydrogen) atoms. The van der Waals surface area contributed by atoms with Crippen LogP contribution in [-0.4, -0.2) is 30.5 Å². The summed E-state index contributed by atoms with van der Waals surface area (Å²) in [5, 5.41) is 0. The Morgan fingerprint density at radius 1 is 1.12 bits per heavy atom. The van der Waals surface area contributed by atoms with E-state index in [0.29, 0.717) is 24.3 Å². The summed E-state index contributed by atoms with van der Waals surface area (Å²) in [5.41, 5.74) is 3.92. The van der Waals surface area contributed by atoms with Crippen molar-refractivity contribution in [3.05, 3.63) is 65.2 Å². The molecule has 0 unspecified atom stereocenters. The van der Waals surface area contributed by atoms with Gasteiger partial charge < -0.3 is 9.64 Å². The number of rotatable bonds is 4. The predicted molar refractivity (Wildman–Crippen MR) is 94.3 cm³/mol. The van der Waals surface area contributed by atoms with Gasteiger partial charge in [-0.2, -0.15) is 0 Å². The van der Waals surface area contributed by atoms with Gasteiger partial charge in [0.1, 0.15) is 5.75 Å².